The minimum Gasteiger partial charge on any atom is -0.294 e. The van der Waals surface area contributed by atoms with Crippen LogP contribution in [-0.2, 0) is 0 Å². The van der Waals surface area contributed by atoms with E-state index >= 15 is 0 Å². The minimum atomic E-state index is -0.260. The van der Waals surface area contributed by atoms with Gasteiger partial charge in [-0.1, -0.05) is 18.2 Å². The van der Waals surface area contributed by atoms with Crippen LogP contribution in [-0.4, -0.2) is 10.8 Å². The topological polar surface area (TPSA) is 53.8 Å². The van der Waals surface area contributed by atoms with E-state index in [1.165, 1.54) is 0 Å². The fourth-order valence-electron chi connectivity index (χ4n) is 1.97. The molecule has 0 aliphatic heterocycles. The number of rotatable bonds is 3. The van der Waals surface area contributed by atoms with Gasteiger partial charge in [0.15, 0.2) is 5.78 Å². The Labute approximate surface area is 106 Å². The molecule has 2 aromatic rings. The number of aryl methyl sites for hydroxylation is 1. The van der Waals surface area contributed by atoms with E-state index < -0.39 is 0 Å². The zero-order chi connectivity index (χ0) is 13.1. The number of nitriles is 1. The van der Waals surface area contributed by atoms with Crippen molar-refractivity contribution in [2.45, 2.75) is 20.3 Å². The molecule has 3 heteroatoms. The Bertz CT molecular complexity index is 640. The number of ketones is 1. The van der Waals surface area contributed by atoms with Crippen molar-refractivity contribution in [1.29, 1.82) is 5.26 Å². The van der Waals surface area contributed by atoms with Crippen molar-refractivity contribution in [3.8, 4) is 6.07 Å². The molecular formula is C15H14N2O. The van der Waals surface area contributed by atoms with Crippen molar-refractivity contribution < 1.29 is 4.79 Å². The van der Waals surface area contributed by atoms with Gasteiger partial charge in [0.25, 0.3) is 0 Å². The number of Topliss-reactive ketones (excluding diaryl/α,β-unsaturated/α-hetero) is 1. The first kappa shape index (κ1) is 12.3. The standard InChI is InChI=1S/C15H14N2O/c1-10(9-16)7-15(18)13-8-11(2)17-14-6-4-3-5-12(13)14/h3-6,8,10H,7H2,1-2H3. The van der Waals surface area contributed by atoms with Gasteiger partial charge in [-0.3, -0.25) is 9.78 Å². The number of benzene rings is 1. The number of hydrogen-bond acceptors (Lipinski definition) is 3. The Morgan fingerprint density at radius 2 is 2.17 bits per heavy atom. The van der Waals surface area contributed by atoms with Crippen molar-refractivity contribution in [2.75, 3.05) is 0 Å². The molecule has 0 saturated heterocycles. The van der Waals surface area contributed by atoms with Crippen LogP contribution in [0.2, 0.25) is 0 Å². The summed E-state index contributed by atoms with van der Waals surface area (Å²) in [6.45, 7) is 3.63. The van der Waals surface area contributed by atoms with E-state index in [0.717, 1.165) is 16.6 Å². The first-order chi connectivity index (χ1) is 8.61. The van der Waals surface area contributed by atoms with Crippen molar-refractivity contribution in [1.82, 2.24) is 4.98 Å². The smallest absolute Gasteiger partial charge is 0.164 e. The van der Waals surface area contributed by atoms with Crippen LogP contribution in [0.5, 0.6) is 0 Å². The summed E-state index contributed by atoms with van der Waals surface area (Å²) in [5.74, 6) is -0.254. The predicted molar refractivity (Wildman–Crippen MR) is 70.2 cm³/mol. The maximum Gasteiger partial charge on any atom is 0.164 e. The van der Waals surface area contributed by atoms with Crippen LogP contribution in [0, 0.1) is 24.2 Å². The molecule has 90 valence electrons. The normalized spacial score (nSPS) is 12.1. The fourth-order valence-corrected chi connectivity index (χ4v) is 1.97. The van der Waals surface area contributed by atoms with E-state index in [2.05, 4.69) is 11.1 Å². The molecule has 3 nitrogen and oxygen atoms in total. The molecule has 0 spiro atoms. The number of nitrogens with zero attached hydrogens (tertiary/aromatic N) is 2. The van der Waals surface area contributed by atoms with Crippen LogP contribution >= 0.6 is 0 Å². The molecule has 1 aromatic carbocycles. The summed E-state index contributed by atoms with van der Waals surface area (Å²) in [7, 11) is 0. The lowest BCUT2D eigenvalue weighted by molar-refractivity contribution is 0.0974. The summed E-state index contributed by atoms with van der Waals surface area (Å²) in [5.41, 5.74) is 2.31. The van der Waals surface area contributed by atoms with Crippen LogP contribution in [0.3, 0.4) is 0 Å². The molecular weight excluding hydrogens is 224 g/mol. The fraction of sp³-hybridized carbons (Fsp3) is 0.267. The number of hydrogen-bond donors (Lipinski definition) is 0. The summed E-state index contributed by atoms with van der Waals surface area (Å²) in [5, 5.41) is 9.64. The summed E-state index contributed by atoms with van der Waals surface area (Å²) in [6.07, 6.45) is 0.254. The van der Waals surface area contributed by atoms with Crippen LogP contribution in [0.25, 0.3) is 10.9 Å². The van der Waals surface area contributed by atoms with Crippen molar-refractivity contribution in [3.63, 3.8) is 0 Å². The van der Waals surface area contributed by atoms with Crippen LogP contribution in [0.15, 0.2) is 30.3 Å². The van der Waals surface area contributed by atoms with Gasteiger partial charge in [0.1, 0.15) is 0 Å². The van der Waals surface area contributed by atoms with Crippen molar-refractivity contribution in [3.05, 3.63) is 41.6 Å². The van der Waals surface area contributed by atoms with Crippen molar-refractivity contribution >= 4 is 16.7 Å². The third-order valence-electron chi connectivity index (χ3n) is 2.86. The van der Waals surface area contributed by atoms with Crippen LogP contribution in [0.4, 0.5) is 0 Å². The van der Waals surface area contributed by atoms with Gasteiger partial charge in [0.05, 0.1) is 17.5 Å². The molecule has 1 atom stereocenters. The number of pyridine rings is 1. The van der Waals surface area contributed by atoms with E-state index in [1.807, 2.05) is 31.2 Å². The molecule has 0 bridgehead atoms. The highest BCUT2D eigenvalue weighted by Gasteiger charge is 2.14. The highest BCUT2D eigenvalue weighted by Crippen LogP contribution is 2.20. The third kappa shape index (κ3) is 2.38. The monoisotopic (exact) mass is 238 g/mol. The Balaban J connectivity index is 2.50. The molecule has 1 heterocycles. The van der Waals surface area contributed by atoms with Gasteiger partial charge in [-0.15, -0.1) is 0 Å². The number of carbonyl (C=O) groups is 1. The molecule has 2 rings (SSSR count). The lowest BCUT2D eigenvalue weighted by Gasteiger charge is -2.07. The summed E-state index contributed by atoms with van der Waals surface area (Å²) in [6, 6.07) is 11.5. The molecule has 0 N–H and O–H groups in total. The zero-order valence-electron chi connectivity index (χ0n) is 10.5. The van der Waals surface area contributed by atoms with Crippen LogP contribution < -0.4 is 0 Å². The minimum absolute atomic E-state index is 0.00532. The maximum atomic E-state index is 12.2. The highest BCUT2D eigenvalue weighted by molar-refractivity contribution is 6.07. The number of aromatic nitrogens is 1. The van der Waals surface area contributed by atoms with Gasteiger partial charge in [-0.05, 0) is 26.0 Å². The maximum absolute atomic E-state index is 12.2. The van der Waals surface area contributed by atoms with Gasteiger partial charge in [0.2, 0.25) is 0 Å². The third-order valence-corrected chi connectivity index (χ3v) is 2.86. The van der Waals surface area contributed by atoms with E-state index in [4.69, 9.17) is 5.26 Å². The van der Waals surface area contributed by atoms with E-state index in [1.54, 1.807) is 13.0 Å². The van der Waals surface area contributed by atoms with Gasteiger partial charge < -0.3 is 0 Å². The van der Waals surface area contributed by atoms with Gasteiger partial charge in [0, 0.05) is 23.1 Å². The SMILES string of the molecule is Cc1cc(C(=O)CC(C)C#N)c2ccccc2n1. The number of para-hydroxylation sites is 1. The van der Waals surface area contributed by atoms with Gasteiger partial charge in [-0.2, -0.15) is 5.26 Å². The lowest BCUT2D eigenvalue weighted by Crippen LogP contribution is -2.06. The Kier molecular flexibility index (Phi) is 3.38. The first-order valence-electron chi connectivity index (χ1n) is 5.91. The Morgan fingerprint density at radius 1 is 1.44 bits per heavy atom. The summed E-state index contributed by atoms with van der Waals surface area (Å²) >= 11 is 0. The molecule has 0 radical (unpaired) electrons. The molecule has 18 heavy (non-hydrogen) atoms. The average molecular weight is 238 g/mol. The molecule has 1 aromatic heterocycles. The molecule has 0 aliphatic rings. The second-order valence-corrected chi connectivity index (χ2v) is 4.49. The number of carbonyl (C=O) groups excluding carboxylic acids is 1. The first-order valence-corrected chi connectivity index (χ1v) is 5.91. The Morgan fingerprint density at radius 3 is 2.89 bits per heavy atom. The highest BCUT2D eigenvalue weighted by atomic mass is 16.1. The predicted octanol–water partition coefficient (Wildman–Crippen LogP) is 3.28. The van der Waals surface area contributed by atoms with E-state index in [0.29, 0.717) is 5.56 Å². The van der Waals surface area contributed by atoms with E-state index in [9.17, 15) is 4.79 Å². The van der Waals surface area contributed by atoms with Gasteiger partial charge >= 0.3 is 0 Å². The molecule has 0 aliphatic carbocycles. The second kappa shape index (κ2) is 4.97. The average Bonchev–Trinajstić information content (AvgIpc) is 2.37. The lowest BCUT2D eigenvalue weighted by atomic mass is 9.97. The van der Waals surface area contributed by atoms with E-state index in [-0.39, 0.29) is 18.1 Å². The summed E-state index contributed by atoms with van der Waals surface area (Å²) < 4.78 is 0. The molecule has 0 saturated carbocycles. The second-order valence-electron chi connectivity index (χ2n) is 4.49. The molecule has 0 amide bonds. The largest absolute Gasteiger partial charge is 0.294 e. The molecule has 0 fully saturated rings. The van der Waals surface area contributed by atoms with Crippen LogP contribution in [0.1, 0.15) is 29.4 Å². The van der Waals surface area contributed by atoms with Gasteiger partial charge in [-0.25, -0.2) is 0 Å². The van der Waals surface area contributed by atoms with Crippen molar-refractivity contribution in [2.24, 2.45) is 5.92 Å². The number of fused-ring (bicyclic) bond motifs is 1. The molecule has 1 unspecified atom stereocenters. The summed E-state index contributed by atoms with van der Waals surface area (Å²) in [4.78, 5) is 16.6. The Hall–Kier alpha value is -2.21. The quantitative estimate of drug-likeness (QED) is 0.771. The zero-order valence-corrected chi connectivity index (χ0v) is 10.5.